The maximum atomic E-state index is 13.3. The van der Waals surface area contributed by atoms with Gasteiger partial charge in [0.15, 0.2) is 11.9 Å². The molecule has 0 bridgehead atoms. The van der Waals surface area contributed by atoms with Crippen LogP contribution < -0.4 is 30.6 Å². The highest BCUT2D eigenvalue weighted by Crippen LogP contribution is 2.23. The number of nitrogens with one attached hydrogen (secondary N) is 3. The topological polar surface area (TPSA) is 191 Å². The van der Waals surface area contributed by atoms with Crippen molar-refractivity contribution in [3.8, 4) is 5.75 Å². The van der Waals surface area contributed by atoms with Crippen LogP contribution in [0.25, 0.3) is 0 Å². The lowest BCUT2D eigenvalue weighted by Gasteiger charge is -2.19. The molecule has 0 aliphatic carbocycles. The Bertz CT molecular complexity index is 1510. The molecule has 2 aromatic heterocycles. The summed E-state index contributed by atoms with van der Waals surface area (Å²) in [4.78, 5) is 50.2. The summed E-state index contributed by atoms with van der Waals surface area (Å²) in [5.41, 5.74) is 3.57. The Balaban J connectivity index is 0.000000717. The smallest absolute Gasteiger partial charge is 0.430 e. The van der Waals surface area contributed by atoms with E-state index < -0.39 is 35.9 Å². The van der Waals surface area contributed by atoms with E-state index in [2.05, 4.69) is 15.3 Å². The molecule has 18 heteroatoms. The van der Waals surface area contributed by atoms with Crippen molar-refractivity contribution in [1.29, 1.82) is 0 Å². The van der Waals surface area contributed by atoms with Crippen molar-refractivity contribution in [2.24, 2.45) is 0 Å². The Morgan fingerprint density at radius 3 is 1.90 bits per heavy atom. The number of methoxy groups -OCH3 is 1. The maximum absolute atomic E-state index is 13.3. The molecule has 0 saturated carbocycles. The molecule has 5 N–H and O–H groups in total. The number of carbonyl (C=O) groups is 4. The fourth-order valence-corrected chi connectivity index (χ4v) is 3.83. The summed E-state index contributed by atoms with van der Waals surface area (Å²) in [7, 11) is 1.63. The van der Waals surface area contributed by atoms with E-state index in [9.17, 15) is 35.9 Å². The molecule has 0 fully saturated rings. The monoisotopic (exact) mass is 706 g/mol. The number of hydrogen-bond donors (Lipinski definition) is 3. The number of carboxylic acids is 2. The first-order valence-corrected chi connectivity index (χ1v) is 14.3. The third kappa shape index (κ3) is 15.1. The lowest BCUT2D eigenvalue weighted by atomic mass is 10.0. The molecule has 1 amide bonds. The summed E-state index contributed by atoms with van der Waals surface area (Å²) < 4.78 is 73.9. The summed E-state index contributed by atoms with van der Waals surface area (Å²) >= 11 is 0. The fourth-order valence-electron chi connectivity index (χ4n) is 3.83. The van der Waals surface area contributed by atoms with Crippen LogP contribution in [0.1, 0.15) is 65.5 Å². The lowest BCUT2D eigenvalue weighted by molar-refractivity contribution is -0.589. The van der Waals surface area contributed by atoms with E-state index in [1.807, 2.05) is 81.7 Å². The number of hydrogen-bond acceptors (Lipinski definition) is 8. The number of rotatable bonds is 10. The highest BCUT2D eigenvalue weighted by molar-refractivity contribution is 6.01. The summed E-state index contributed by atoms with van der Waals surface area (Å²) in [5, 5.41) is 22.6. The van der Waals surface area contributed by atoms with Crippen LogP contribution in [0.5, 0.6) is 5.75 Å². The normalized spacial score (nSPS) is 11.2. The van der Waals surface area contributed by atoms with Crippen LogP contribution >= 0.6 is 0 Å². The minimum absolute atomic E-state index is 0.207. The van der Waals surface area contributed by atoms with Gasteiger partial charge < -0.3 is 44.9 Å². The third-order valence-electron chi connectivity index (χ3n) is 5.94. The van der Waals surface area contributed by atoms with Crippen LogP contribution in [0.4, 0.5) is 32.0 Å². The molecule has 0 aliphatic rings. The Labute approximate surface area is 276 Å². The lowest BCUT2D eigenvalue weighted by Crippen LogP contribution is -2.76. The molecule has 0 radical (unpaired) electrons. The number of alkyl halides is 6. The first-order valence-electron chi connectivity index (χ1n) is 14.3. The average molecular weight is 707 g/mol. The van der Waals surface area contributed by atoms with Gasteiger partial charge in [0.05, 0.1) is 18.4 Å². The number of benzene rings is 1. The number of quaternary nitrogens is 1. The molecular weight excluding hydrogens is 670 g/mol. The molecule has 2 heterocycles. The minimum atomic E-state index is -5.19. The van der Waals surface area contributed by atoms with E-state index in [4.69, 9.17) is 29.3 Å². The van der Waals surface area contributed by atoms with Gasteiger partial charge in [-0.2, -0.15) is 26.3 Å². The van der Waals surface area contributed by atoms with Crippen LogP contribution in [-0.4, -0.2) is 60.4 Å². The van der Waals surface area contributed by atoms with Crippen molar-refractivity contribution in [1.82, 2.24) is 10.3 Å². The van der Waals surface area contributed by atoms with E-state index in [0.717, 1.165) is 17.1 Å². The number of aromatic nitrogens is 2. The number of esters is 1. The van der Waals surface area contributed by atoms with Gasteiger partial charge in [-0.05, 0) is 44.9 Å². The molecule has 3 aromatic rings. The number of pyridine rings is 1. The zero-order valence-electron chi connectivity index (χ0n) is 27.1. The zero-order chi connectivity index (χ0) is 37.6. The number of halogens is 6. The van der Waals surface area contributed by atoms with Crippen molar-refractivity contribution < 1.29 is 75.5 Å². The largest absolute Gasteiger partial charge is 0.542 e. The van der Waals surface area contributed by atoms with E-state index in [1.54, 1.807) is 7.11 Å². The quantitative estimate of drug-likeness (QED) is 0.160. The van der Waals surface area contributed by atoms with E-state index in [-0.39, 0.29) is 5.91 Å². The summed E-state index contributed by atoms with van der Waals surface area (Å²) in [5.74, 6) is -5.90. The predicted molar refractivity (Wildman–Crippen MR) is 155 cm³/mol. The Morgan fingerprint density at radius 2 is 1.47 bits per heavy atom. The molecule has 0 spiro atoms. The molecule has 270 valence electrons. The Kier molecular flexibility index (Phi) is 15.8. The summed E-state index contributed by atoms with van der Waals surface area (Å²) in [6.45, 7) is 8.34. The van der Waals surface area contributed by atoms with E-state index in [1.165, 1.54) is 0 Å². The molecule has 0 aliphatic heterocycles. The van der Waals surface area contributed by atoms with Crippen molar-refractivity contribution in [3.05, 3.63) is 76.9 Å². The number of amides is 1. The number of H-pyrrole nitrogens is 2. The van der Waals surface area contributed by atoms with Crippen molar-refractivity contribution in [2.45, 2.75) is 65.0 Å². The standard InChI is InChI=1S/C27H34N4O4.2C2HF3O2/c1-6-21-23(25(32)29-16-14-18-9-7-8-15-28-18)22(31-24(21)26(33)35-27(2,3)4)17-30-19-10-12-20(34-5)13-11-19;2*3-2(4,5)1(6)7/h7-13,15,30-31H,6,14,16-17H2,1-5H3,(H,29,32);2*(H,6,7). The molecule has 0 atom stereocenters. The number of aromatic amines is 2. The second kappa shape index (κ2) is 18.4. The summed E-state index contributed by atoms with van der Waals surface area (Å²) in [6, 6.07) is 13.5. The number of carboxylic acid groups (broad SMARTS) is 2. The van der Waals surface area contributed by atoms with Crippen LogP contribution in [0, 0.1) is 0 Å². The van der Waals surface area contributed by atoms with Crippen LogP contribution in [0.2, 0.25) is 0 Å². The second-order valence-corrected chi connectivity index (χ2v) is 10.8. The fraction of sp³-hybridized carbons (Fsp3) is 0.387. The molecule has 12 nitrogen and oxygen atoms in total. The Morgan fingerprint density at radius 1 is 0.918 bits per heavy atom. The second-order valence-electron chi connectivity index (χ2n) is 10.8. The van der Waals surface area contributed by atoms with Gasteiger partial charge in [0, 0.05) is 37.2 Å². The molecular formula is C31H36F6N4O8. The van der Waals surface area contributed by atoms with Gasteiger partial charge in [0.25, 0.3) is 5.91 Å². The molecule has 0 saturated heterocycles. The van der Waals surface area contributed by atoms with E-state index >= 15 is 0 Å². The molecule has 1 aromatic carbocycles. The molecule has 49 heavy (non-hydrogen) atoms. The number of nitrogens with two attached hydrogens (primary N) is 1. The third-order valence-corrected chi connectivity index (χ3v) is 5.94. The maximum Gasteiger partial charge on any atom is 0.430 e. The van der Waals surface area contributed by atoms with Gasteiger partial charge in [0.1, 0.15) is 41.2 Å². The average Bonchev–Trinajstić information content (AvgIpc) is 3.38. The highest BCUT2D eigenvalue weighted by atomic mass is 19.4. The highest BCUT2D eigenvalue weighted by Gasteiger charge is 2.30. The molecule has 0 unspecified atom stereocenters. The van der Waals surface area contributed by atoms with Gasteiger partial charge in [0.2, 0.25) is 0 Å². The molecule has 3 rings (SSSR count). The van der Waals surface area contributed by atoms with Gasteiger partial charge in [-0.25, -0.2) is 9.78 Å². The van der Waals surface area contributed by atoms with Crippen molar-refractivity contribution in [3.63, 3.8) is 0 Å². The van der Waals surface area contributed by atoms with Gasteiger partial charge in [-0.3, -0.25) is 4.79 Å². The first-order chi connectivity index (χ1) is 22.6. The minimum Gasteiger partial charge on any atom is -0.542 e. The number of aliphatic carboxylic acids is 2. The number of ether oxygens (including phenoxy) is 2. The van der Waals surface area contributed by atoms with Crippen molar-refractivity contribution in [2.75, 3.05) is 13.7 Å². The van der Waals surface area contributed by atoms with E-state index in [0.29, 0.717) is 48.4 Å². The number of carbonyl (C=O) groups excluding carboxylic acids is 4. The van der Waals surface area contributed by atoms with Crippen LogP contribution in [0.3, 0.4) is 0 Å². The first kappa shape index (κ1) is 41.9. The SMILES string of the molecule is CCc1c(C(=O)OC(C)(C)C)[nH]c(C[NH2+]c2ccc(OC)cc2)c1C(=O)NCCc1cccc[nH+]1.O=C([O-])C(F)(F)F.O=C([O-])C(F)(F)F. The van der Waals surface area contributed by atoms with Crippen molar-refractivity contribution >= 4 is 29.5 Å². The van der Waals surface area contributed by atoms with Gasteiger partial charge >= 0.3 is 18.3 Å². The van der Waals surface area contributed by atoms with Gasteiger partial charge in [-0.15, -0.1) is 0 Å². The Hall–Kier alpha value is -5.13. The zero-order valence-corrected chi connectivity index (χ0v) is 27.1. The van der Waals surface area contributed by atoms with Crippen LogP contribution in [-0.2, 0) is 33.7 Å². The summed E-state index contributed by atoms with van der Waals surface area (Å²) in [6.07, 6.45) is -7.34. The predicted octanol–water partition coefficient (Wildman–Crippen LogP) is 1.32. The van der Waals surface area contributed by atoms with Gasteiger partial charge in [-0.1, -0.05) is 13.0 Å². The van der Waals surface area contributed by atoms with Crippen LogP contribution in [0.15, 0.2) is 48.7 Å².